The van der Waals surface area contributed by atoms with E-state index in [1.54, 1.807) is 11.3 Å². The molecular formula is C9H15NS. The summed E-state index contributed by atoms with van der Waals surface area (Å²) in [4.78, 5) is 0. The SMILES string of the molecule is CC(C)C(C)(N)c1ccsc1. The van der Waals surface area contributed by atoms with Gasteiger partial charge in [-0.05, 0) is 35.2 Å². The zero-order valence-corrected chi connectivity index (χ0v) is 8.11. The van der Waals surface area contributed by atoms with Crippen LogP contribution < -0.4 is 5.73 Å². The molecule has 2 heteroatoms. The number of thiophene rings is 1. The van der Waals surface area contributed by atoms with Crippen LogP contribution in [0.1, 0.15) is 26.3 Å². The standard InChI is InChI=1S/C9H15NS/c1-7(2)9(3,10)8-4-5-11-6-8/h4-7H,10H2,1-3H3. The Hall–Kier alpha value is -0.340. The lowest BCUT2D eigenvalue weighted by Gasteiger charge is -2.28. The normalized spacial score (nSPS) is 16.8. The summed E-state index contributed by atoms with van der Waals surface area (Å²) in [6, 6.07) is 2.10. The van der Waals surface area contributed by atoms with Gasteiger partial charge in [0, 0.05) is 5.54 Å². The van der Waals surface area contributed by atoms with Crippen LogP contribution in [-0.4, -0.2) is 0 Å². The predicted molar refractivity (Wildman–Crippen MR) is 50.7 cm³/mol. The molecule has 1 rings (SSSR count). The molecule has 0 aromatic carbocycles. The van der Waals surface area contributed by atoms with Gasteiger partial charge in [0.05, 0.1) is 0 Å². The van der Waals surface area contributed by atoms with Gasteiger partial charge >= 0.3 is 0 Å². The highest BCUT2D eigenvalue weighted by Gasteiger charge is 2.25. The van der Waals surface area contributed by atoms with Crippen LogP contribution in [-0.2, 0) is 5.54 Å². The van der Waals surface area contributed by atoms with Crippen molar-refractivity contribution in [1.82, 2.24) is 0 Å². The third-order valence-electron chi connectivity index (χ3n) is 2.34. The summed E-state index contributed by atoms with van der Waals surface area (Å²) in [5.74, 6) is 0.483. The molecule has 0 amide bonds. The van der Waals surface area contributed by atoms with E-state index >= 15 is 0 Å². The smallest absolute Gasteiger partial charge is 0.0412 e. The van der Waals surface area contributed by atoms with E-state index in [1.165, 1.54) is 5.56 Å². The Balaban J connectivity index is 2.90. The van der Waals surface area contributed by atoms with E-state index in [9.17, 15) is 0 Å². The van der Waals surface area contributed by atoms with Crippen LogP contribution >= 0.6 is 11.3 Å². The highest BCUT2D eigenvalue weighted by Crippen LogP contribution is 2.27. The maximum Gasteiger partial charge on any atom is 0.0412 e. The maximum absolute atomic E-state index is 6.13. The van der Waals surface area contributed by atoms with Crippen molar-refractivity contribution in [1.29, 1.82) is 0 Å². The topological polar surface area (TPSA) is 26.0 Å². The van der Waals surface area contributed by atoms with Gasteiger partial charge in [-0.2, -0.15) is 11.3 Å². The molecule has 1 aromatic rings. The summed E-state index contributed by atoms with van der Waals surface area (Å²) < 4.78 is 0. The minimum Gasteiger partial charge on any atom is -0.321 e. The van der Waals surface area contributed by atoms with Crippen molar-refractivity contribution in [2.24, 2.45) is 11.7 Å². The molecule has 1 atom stereocenters. The minimum atomic E-state index is -0.167. The quantitative estimate of drug-likeness (QED) is 0.723. The van der Waals surface area contributed by atoms with Crippen molar-refractivity contribution in [3.8, 4) is 0 Å². The minimum absolute atomic E-state index is 0.167. The van der Waals surface area contributed by atoms with Crippen LogP contribution in [0.2, 0.25) is 0 Å². The van der Waals surface area contributed by atoms with Crippen LogP contribution in [0.15, 0.2) is 16.8 Å². The van der Waals surface area contributed by atoms with Gasteiger partial charge in [0.25, 0.3) is 0 Å². The van der Waals surface area contributed by atoms with Gasteiger partial charge in [0.1, 0.15) is 0 Å². The first kappa shape index (κ1) is 8.75. The average Bonchev–Trinajstić information content (AvgIpc) is 2.37. The first-order chi connectivity index (χ1) is 5.05. The Morgan fingerprint density at radius 3 is 2.55 bits per heavy atom. The molecule has 1 nitrogen and oxygen atoms in total. The molecular weight excluding hydrogens is 154 g/mol. The summed E-state index contributed by atoms with van der Waals surface area (Å²) in [7, 11) is 0. The fraction of sp³-hybridized carbons (Fsp3) is 0.556. The van der Waals surface area contributed by atoms with E-state index in [2.05, 4.69) is 37.6 Å². The van der Waals surface area contributed by atoms with Crippen LogP contribution in [0.3, 0.4) is 0 Å². The first-order valence-electron chi connectivity index (χ1n) is 3.86. The van der Waals surface area contributed by atoms with E-state index < -0.39 is 0 Å². The molecule has 1 heterocycles. The number of hydrogen-bond acceptors (Lipinski definition) is 2. The highest BCUT2D eigenvalue weighted by atomic mass is 32.1. The van der Waals surface area contributed by atoms with Gasteiger partial charge in [-0.15, -0.1) is 0 Å². The molecule has 62 valence electrons. The molecule has 0 saturated heterocycles. The highest BCUT2D eigenvalue weighted by molar-refractivity contribution is 7.08. The number of nitrogens with two attached hydrogens (primary N) is 1. The van der Waals surface area contributed by atoms with Crippen LogP contribution in [0, 0.1) is 5.92 Å². The average molecular weight is 169 g/mol. The monoisotopic (exact) mass is 169 g/mol. The second-order valence-electron chi connectivity index (χ2n) is 3.45. The Morgan fingerprint density at radius 1 is 1.55 bits per heavy atom. The van der Waals surface area contributed by atoms with E-state index in [-0.39, 0.29) is 5.54 Å². The molecule has 2 N–H and O–H groups in total. The van der Waals surface area contributed by atoms with Crippen molar-refractivity contribution in [3.05, 3.63) is 22.4 Å². The molecule has 11 heavy (non-hydrogen) atoms. The van der Waals surface area contributed by atoms with E-state index in [4.69, 9.17) is 5.73 Å². The van der Waals surface area contributed by atoms with Crippen molar-refractivity contribution in [3.63, 3.8) is 0 Å². The second-order valence-corrected chi connectivity index (χ2v) is 4.23. The van der Waals surface area contributed by atoms with Gasteiger partial charge in [0.15, 0.2) is 0 Å². The number of rotatable bonds is 2. The van der Waals surface area contributed by atoms with Crippen molar-refractivity contribution in [2.75, 3.05) is 0 Å². The molecule has 1 unspecified atom stereocenters. The summed E-state index contributed by atoms with van der Waals surface area (Å²) in [5, 5.41) is 4.20. The first-order valence-corrected chi connectivity index (χ1v) is 4.81. The summed E-state index contributed by atoms with van der Waals surface area (Å²) in [5.41, 5.74) is 7.21. The fourth-order valence-electron chi connectivity index (χ4n) is 0.904. The Bertz CT molecular complexity index is 211. The fourth-order valence-corrected chi connectivity index (χ4v) is 1.69. The van der Waals surface area contributed by atoms with E-state index in [1.807, 2.05) is 0 Å². The van der Waals surface area contributed by atoms with Crippen LogP contribution in [0.4, 0.5) is 0 Å². The molecule has 1 aromatic heterocycles. The molecule has 0 spiro atoms. The zero-order chi connectivity index (χ0) is 8.48. The van der Waals surface area contributed by atoms with Crippen molar-refractivity contribution in [2.45, 2.75) is 26.3 Å². The molecule has 0 aliphatic heterocycles. The Kier molecular flexibility index (Phi) is 2.35. The van der Waals surface area contributed by atoms with E-state index in [0.29, 0.717) is 5.92 Å². The van der Waals surface area contributed by atoms with E-state index in [0.717, 1.165) is 0 Å². The van der Waals surface area contributed by atoms with Crippen LogP contribution in [0.25, 0.3) is 0 Å². The lowest BCUT2D eigenvalue weighted by atomic mass is 9.84. The summed E-state index contributed by atoms with van der Waals surface area (Å²) in [6.45, 7) is 6.38. The van der Waals surface area contributed by atoms with Gasteiger partial charge in [-0.25, -0.2) is 0 Å². The van der Waals surface area contributed by atoms with Gasteiger partial charge in [-0.1, -0.05) is 13.8 Å². The third-order valence-corrected chi connectivity index (χ3v) is 3.03. The lowest BCUT2D eigenvalue weighted by Crippen LogP contribution is -2.38. The number of hydrogen-bond donors (Lipinski definition) is 1. The summed E-state index contributed by atoms with van der Waals surface area (Å²) >= 11 is 1.70. The predicted octanol–water partition coefficient (Wildman–Crippen LogP) is 2.58. The van der Waals surface area contributed by atoms with Crippen LogP contribution in [0.5, 0.6) is 0 Å². The molecule has 0 aliphatic rings. The third kappa shape index (κ3) is 1.63. The van der Waals surface area contributed by atoms with Gasteiger partial charge in [-0.3, -0.25) is 0 Å². The van der Waals surface area contributed by atoms with Crippen molar-refractivity contribution < 1.29 is 0 Å². The zero-order valence-electron chi connectivity index (χ0n) is 7.29. The molecule has 0 radical (unpaired) electrons. The lowest BCUT2D eigenvalue weighted by molar-refractivity contribution is 0.351. The maximum atomic E-state index is 6.13. The molecule has 0 aliphatic carbocycles. The van der Waals surface area contributed by atoms with Crippen molar-refractivity contribution >= 4 is 11.3 Å². The Morgan fingerprint density at radius 2 is 2.18 bits per heavy atom. The molecule has 0 saturated carbocycles. The Labute approximate surface area is 72.2 Å². The van der Waals surface area contributed by atoms with Gasteiger partial charge in [0.2, 0.25) is 0 Å². The second kappa shape index (κ2) is 2.95. The molecule has 0 bridgehead atoms. The summed E-state index contributed by atoms with van der Waals surface area (Å²) in [6.07, 6.45) is 0. The van der Waals surface area contributed by atoms with Gasteiger partial charge < -0.3 is 5.73 Å². The molecule has 0 fully saturated rings. The largest absolute Gasteiger partial charge is 0.321 e.